The van der Waals surface area contributed by atoms with Crippen LogP contribution in [0.15, 0.2) is 50.5 Å². The third kappa shape index (κ3) is 2.97. The second-order valence-electron chi connectivity index (χ2n) is 5.27. The normalized spacial score (nSPS) is 17.9. The highest BCUT2D eigenvalue weighted by Gasteiger charge is 2.30. The lowest BCUT2D eigenvalue weighted by Crippen LogP contribution is -2.22. The summed E-state index contributed by atoms with van der Waals surface area (Å²) in [5.41, 5.74) is 0.523. The number of thiophene rings is 1. The molecule has 0 radical (unpaired) electrons. The summed E-state index contributed by atoms with van der Waals surface area (Å²) in [5.74, 6) is 0.274. The van der Waals surface area contributed by atoms with Crippen LogP contribution < -0.4 is 4.72 Å². The summed E-state index contributed by atoms with van der Waals surface area (Å²) in [6.45, 7) is 0.194. The fraction of sp³-hybridized carbons (Fsp3) is 0.214. The average Bonchev–Trinajstić information content (AvgIpc) is 3.09. The van der Waals surface area contributed by atoms with Crippen LogP contribution in [0.4, 0.5) is 0 Å². The Labute approximate surface area is 144 Å². The molecule has 2 heterocycles. The molecule has 0 saturated heterocycles. The lowest BCUT2D eigenvalue weighted by Gasteiger charge is -2.08. The quantitative estimate of drug-likeness (QED) is 0.856. The van der Waals surface area contributed by atoms with E-state index in [1.54, 1.807) is 24.3 Å². The Hall–Kier alpha value is -1.75. The zero-order valence-corrected chi connectivity index (χ0v) is 15.4. The topological polar surface area (TPSA) is 95.9 Å². The minimum absolute atomic E-state index is 0.194. The number of sulfonamides is 2. The van der Waals surface area contributed by atoms with Gasteiger partial charge in [0.1, 0.15) is 10.0 Å². The van der Waals surface area contributed by atoms with Crippen molar-refractivity contribution in [1.29, 1.82) is 0 Å². The molecule has 0 bridgehead atoms. The van der Waals surface area contributed by atoms with Crippen LogP contribution in [0.3, 0.4) is 0 Å². The summed E-state index contributed by atoms with van der Waals surface area (Å²) in [7, 11) is -4.09. The minimum atomic E-state index is -3.57. The predicted molar refractivity (Wildman–Crippen MR) is 92.2 cm³/mol. The Bertz CT molecular complexity index is 1020. The maximum absolute atomic E-state index is 12.1. The molecule has 10 heteroatoms. The van der Waals surface area contributed by atoms with E-state index in [9.17, 15) is 16.8 Å². The molecular formula is C14H15N3O4S3. The van der Waals surface area contributed by atoms with Crippen molar-refractivity contribution < 1.29 is 16.8 Å². The Kier molecular flexibility index (Phi) is 4.24. The van der Waals surface area contributed by atoms with Crippen LogP contribution in [0.25, 0.3) is 0 Å². The third-order valence-electron chi connectivity index (χ3n) is 3.43. The van der Waals surface area contributed by atoms with E-state index < -0.39 is 20.0 Å². The molecule has 7 nitrogen and oxygen atoms in total. The van der Waals surface area contributed by atoms with E-state index in [0.29, 0.717) is 5.56 Å². The Balaban J connectivity index is 1.87. The molecule has 0 spiro atoms. The van der Waals surface area contributed by atoms with Crippen molar-refractivity contribution in [3.8, 4) is 0 Å². The van der Waals surface area contributed by atoms with Gasteiger partial charge in [-0.15, -0.1) is 11.3 Å². The minimum Gasteiger partial charge on any atom is -0.263 e. The molecule has 128 valence electrons. The van der Waals surface area contributed by atoms with Crippen LogP contribution >= 0.6 is 11.3 Å². The average molecular weight is 385 g/mol. The summed E-state index contributed by atoms with van der Waals surface area (Å²) >= 11 is 1.12. The van der Waals surface area contributed by atoms with Crippen molar-refractivity contribution in [2.24, 2.45) is 4.99 Å². The first-order valence-corrected chi connectivity index (χ1v) is 10.6. The molecular weight excluding hydrogens is 370 g/mol. The summed E-state index contributed by atoms with van der Waals surface area (Å²) in [6.07, 6.45) is 0. The number of fused-ring (bicyclic) bond motifs is 1. The van der Waals surface area contributed by atoms with Gasteiger partial charge < -0.3 is 0 Å². The first-order chi connectivity index (χ1) is 11.2. The standard InChI is InChI=1S/C14H15N3O4S3/c1-17(2)24(20,21)13-8-7-10(22-13)9-15-14-11-5-3-4-6-12(11)23(18,19)16-14/h3-8H,9H2,1-2H3,(H,15,16). The van der Waals surface area contributed by atoms with Gasteiger partial charge in [-0.3, -0.25) is 9.71 Å². The van der Waals surface area contributed by atoms with Gasteiger partial charge in [-0.2, -0.15) is 0 Å². The zero-order valence-electron chi connectivity index (χ0n) is 12.9. The van der Waals surface area contributed by atoms with E-state index in [1.165, 1.54) is 26.2 Å². The third-order valence-corrected chi connectivity index (χ3v) is 8.18. The van der Waals surface area contributed by atoms with Gasteiger partial charge in [0, 0.05) is 24.5 Å². The van der Waals surface area contributed by atoms with Gasteiger partial charge in [0.05, 0.1) is 11.4 Å². The molecule has 0 unspecified atom stereocenters. The number of rotatable bonds is 4. The van der Waals surface area contributed by atoms with E-state index in [1.807, 2.05) is 0 Å². The molecule has 0 amide bonds. The van der Waals surface area contributed by atoms with Gasteiger partial charge in [0.25, 0.3) is 20.0 Å². The summed E-state index contributed by atoms with van der Waals surface area (Å²) in [6, 6.07) is 9.81. The van der Waals surface area contributed by atoms with E-state index >= 15 is 0 Å². The van der Waals surface area contributed by atoms with Crippen LogP contribution in [0.2, 0.25) is 0 Å². The maximum atomic E-state index is 12.1. The van der Waals surface area contributed by atoms with Crippen molar-refractivity contribution in [3.63, 3.8) is 0 Å². The molecule has 1 aliphatic heterocycles. The predicted octanol–water partition coefficient (Wildman–Crippen LogP) is 1.24. The molecule has 0 atom stereocenters. The number of benzene rings is 1. The number of aliphatic imine (C=N–C) groups is 1. The van der Waals surface area contributed by atoms with Crippen molar-refractivity contribution in [2.75, 3.05) is 14.1 Å². The van der Waals surface area contributed by atoms with Crippen molar-refractivity contribution in [3.05, 3.63) is 46.8 Å². The summed E-state index contributed by atoms with van der Waals surface area (Å²) < 4.78 is 52.0. The highest BCUT2D eigenvalue weighted by Crippen LogP contribution is 2.26. The van der Waals surface area contributed by atoms with Gasteiger partial charge in [0.15, 0.2) is 0 Å². The Morgan fingerprint density at radius 2 is 1.88 bits per heavy atom. The highest BCUT2D eigenvalue weighted by molar-refractivity contribution is 7.91. The zero-order chi connectivity index (χ0) is 17.5. The molecule has 0 saturated carbocycles. The fourth-order valence-corrected chi connectivity index (χ4v) is 5.87. The number of nitrogens with zero attached hydrogens (tertiary/aromatic N) is 2. The number of amidine groups is 1. The second kappa shape index (κ2) is 5.96. The lowest BCUT2D eigenvalue weighted by atomic mass is 10.2. The lowest BCUT2D eigenvalue weighted by molar-refractivity contribution is 0.523. The molecule has 1 aromatic heterocycles. The molecule has 1 aliphatic rings. The van der Waals surface area contributed by atoms with Gasteiger partial charge in [-0.05, 0) is 24.3 Å². The smallest absolute Gasteiger partial charge is 0.263 e. The molecule has 2 aromatic rings. The fourth-order valence-electron chi connectivity index (χ4n) is 2.17. The molecule has 24 heavy (non-hydrogen) atoms. The van der Waals surface area contributed by atoms with Crippen LogP contribution in [0.5, 0.6) is 0 Å². The number of hydrogen-bond acceptors (Lipinski definition) is 6. The number of nitrogens with one attached hydrogen (secondary N) is 1. The summed E-state index contributed by atoms with van der Waals surface area (Å²) in [5, 5.41) is 0. The van der Waals surface area contributed by atoms with E-state index in [4.69, 9.17) is 0 Å². The van der Waals surface area contributed by atoms with Crippen LogP contribution in [0.1, 0.15) is 10.4 Å². The highest BCUT2D eigenvalue weighted by atomic mass is 32.2. The van der Waals surface area contributed by atoms with Gasteiger partial charge in [0.2, 0.25) is 0 Å². The van der Waals surface area contributed by atoms with Crippen LogP contribution in [0, 0.1) is 0 Å². The SMILES string of the molecule is CN(C)S(=O)(=O)c1ccc(CN=C2NS(=O)(=O)c3ccccc32)s1. The molecule has 3 rings (SSSR count). The van der Waals surface area contributed by atoms with Crippen LogP contribution in [-0.2, 0) is 26.6 Å². The van der Waals surface area contributed by atoms with E-state index in [0.717, 1.165) is 20.5 Å². The van der Waals surface area contributed by atoms with Gasteiger partial charge >= 0.3 is 0 Å². The van der Waals surface area contributed by atoms with Crippen molar-refractivity contribution in [2.45, 2.75) is 15.6 Å². The van der Waals surface area contributed by atoms with E-state index in [-0.39, 0.29) is 21.5 Å². The molecule has 0 fully saturated rings. The van der Waals surface area contributed by atoms with Crippen molar-refractivity contribution >= 4 is 37.2 Å². The molecule has 1 aromatic carbocycles. The second-order valence-corrected chi connectivity index (χ2v) is 10.5. The first kappa shape index (κ1) is 17.1. The van der Waals surface area contributed by atoms with Crippen molar-refractivity contribution in [1.82, 2.24) is 9.03 Å². The van der Waals surface area contributed by atoms with Crippen LogP contribution in [-0.4, -0.2) is 41.1 Å². The van der Waals surface area contributed by atoms with Gasteiger partial charge in [-0.25, -0.2) is 21.1 Å². The summed E-state index contributed by atoms with van der Waals surface area (Å²) in [4.78, 5) is 5.23. The van der Waals surface area contributed by atoms with Gasteiger partial charge in [-0.1, -0.05) is 12.1 Å². The Morgan fingerprint density at radius 1 is 1.17 bits per heavy atom. The monoisotopic (exact) mass is 385 g/mol. The van der Waals surface area contributed by atoms with E-state index in [2.05, 4.69) is 9.71 Å². The first-order valence-electron chi connectivity index (χ1n) is 6.90. The number of hydrogen-bond donors (Lipinski definition) is 1. The maximum Gasteiger partial charge on any atom is 0.263 e. The Morgan fingerprint density at radius 3 is 2.58 bits per heavy atom. The largest absolute Gasteiger partial charge is 0.263 e. The molecule has 0 aliphatic carbocycles. The molecule has 1 N–H and O–H groups in total.